The highest BCUT2D eigenvalue weighted by Crippen LogP contribution is 2.49. The lowest BCUT2D eigenvalue weighted by atomic mass is 9.92. The topological polar surface area (TPSA) is 66.4 Å². The van der Waals surface area contributed by atoms with Gasteiger partial charge in [0.25, 0.3) is 11.8 Å². The van der Waals surface area contributed by atoms with Crippen molar-refractivity contribution in [2.45, 2.75) is 311 Å². The maximum absolute atomic E-state index is 16.2. The smallest absolute Gasteiger partial charge is 0.261 e. The van der Waals surface area contributed by atoms with Crippen LogP contribution in [0.5, 0.6) is 0 Å². The van der Waals surface area contributed by atoms with Crippen molar-refractivity contribution >= 4 is 77.7 Å². The summed E-state index contributed by atoms with van der Waals surface area (Å²) < 4.78 is 2.37. The number of carbonyl (C=O) groups excluding carboxylic acids is 2. The van der Waals surface area contributed by atoms with Gasteiger partial charge < -0.3 is 9.80 Å². The highest BCUT2D eigenvalue weighted by molar-refractivity contribution is 9.11. The van der Waals surface area contributed by atoms with Crippen molar-refractivity contribution in [3.05, 3.63) is 89.8 Å². The third kappa shape index (κ3) is 23.4. The molecule has 0 N–H and O–H groups in total. The second kappa shape index (κ2) is 42.2. The molecule has 86 heavy (non-hydrogen) atoms. The van der Waals surface area contributed by atoms with Crippen LogP contribution in [0.1, 0.15) is 321 Å². The molecule has 2 atom stereocenters. The van der Waals surface area contributed by atoms with Gasteiger partial charge >= 0.3 is 0 Å². The number of carbonyl (C=O) groups is 2. The largest absolute Gasteiger partial charge is 0.306 e. The van der Waals surface area contributed by atoms with Gasteiger partial charge in [0.2, 0.25) is 0 Å². The van der Waals surface area contributed by atoms with E-state index in [2.05, 4.69) is 120 Å². The summed E-state index contributed by atoms with van der Waals surface area (Å²) in [7, 11) is 0. The molecular formula is C76H116Br2N4O2S2. The van der Waals surface area contributed by atoms with Crippen LogP contribution in [0.4, 0.5) is 0 Å². The van der Waals surface area contributed by atoms with Crippen LogP contribution in [0.2, 0.25) is 0 Å². The third-order valence-electron chi connectivity index (χ3n) is 18.6. The first-order valence-corrected chi connectivity index (χ1v) is 39.0. The summed E-state index contributed by atoms with van der Waals surface area (Å²) >= 11 is 11.4. The number of halogens is 2. The molecule has 6 heterocycles. The fraction of sp³-hybridized carbons (Fsp3) is 0.684. The van der Waals surface area contributed by atoms with E-state index in [1.807, 2.05) is 12.4 Å². The number of rotatable bonds is 50. The Bertz CT molecular complexity index is 2420. The number of pyridine rings is 2. The van der Waals surface area contributed by atoms with Crippen LogP contribution in [0.15, 0.2) is 67.5 Å². The molecule has 0 saturated heterocycles. The van der Waals surface area contributed by atoms with Crippen molar-refractivity contribution in [1.29, 1.82) is 0 Å². The predicted octanol–water partition coefficient (Wildman–Crippen LogP) is 25.3. The Labute approximate surface area is 550 Å². The number of hydrogen-bond donors (Lipinski definition) is 0. The minimum absolute atomic E-state index is 0.0294. The molecule has 2 aliphatic heterocycles. The lowest BCUT2D eigenvalue weighted by Crippen LogP contribution is -2.35. The molecule has 2 amide bonds. The molecule has 10 heteroatoms. The van der Waals surface area contributed by atoms with E-state index in [1.165, 1.54) is 250 Å². The number of aryl methyl sites for hydroxylation is 2. The average Bonchev–Trinajstić information content (AvgIpc) is 2.23. The average molecular weight is 1340 g/mol. The quantitative estimate of drug-likeness (QED) is 0.0413. The van der Waals surface area contributed by atoms with Crippen LogP contribution in [0.3, 0.4) is 0 Å². The Balaban J connectivity index is 1.43. The van der Waals surface area contributed by atoms with E-state index in [1.54, 1.807) is 22.7 Å². The SMILES string of the molecule is CCCCCCCCCCC(CCCCCCCC)CN1C(=O)C2=C(c3ccc(-c4cc(CCCCCC)c(Br)s4)nc3)N(CC(CCCCCCCC)CCCCCCCCCC)C(=O)C2=C1c1ccc(-c2cc(CCCCCC)c(Br)s2)nc1. The van der Waals surface area contributed by atoms with E-state index < -0.39 is 0 Å². The fourth-order valence-corrected chi connectivity index (χ4v) is 16.8. The molecule has 0 bridgehead atoms. The van der Waals surface area contributed by atoms with Gasteiger partial charge in [0, 0.05) is 36.6 Å². The van der Waals surface area contributed by atoms with E-state index in [9.17, 15) is 0 Å². The lowest BCUT2D eigenvalue weighted by molar-refractivity contribution is -0.124. The van der Waals surface area contributed by atoms with Crippen LogP contribution in [0.25, 0.3) is 32.5 Å². The number of nitrogens with zero attached hydrogens (tertiary/aromatic N) is 4. The number of aromatic nitrogens is 2. The Morgan fingerprint density at radius 2 is 0.663 bits per heavy atom. The zero-order valence-electron chi connectivity index (χ0n) is 55.1. The molecule has 6 nitrogen and oxygen atoms in total. The molecule has 0 aliphatic carbocycles. The van der Waals surface area contributed by atoms with Gasteiger partial charge in [-0.15, -0.1) is 22.7 Å². The summed E-state index contributed by atoms with van der Waals surface area (Å²) in [6, 6.07) is 13.2. The molecule has 478 valence electrons. The van der Waals surface area contributed by atoms with Gasteiger partial charge in [-0.1, -0.05) is 260 Å². The highest BCUT2D eigenvalue weighted by Gasteiger charge is 2.49. The van der Waals surface area contributed by atoms with Crippen LogP contribution >= 0.6 is 54.5 Å². The molecule has 2 aliphatic rings. The Morgan fingerprint density at radius 3 is 0.942 bits per heavy atom. The van der Waals surface area contributed by atoms with Gasteiger partial charge in [-0.25, -0.2) is 0 Å². The standard InChI is InChI=1S/C76H116Br2N4O2S2/c1-7-13-19-25-29-31-35-39-45-59(43-37-33-27-21-15-9-3)57-81-71(63-49-51-65(79-55-63)67-53-61(73(77)85-67)47-41-23-17-11-5)69-70(75(81)83)72(64-50-52-66(80-56-64)68-54-62(74(78)86-68)48-42-24-18-12-6)82(76(69)84)58-60(44-38-34-28-22-16-10-4)46-40-36-32-30-26-20-14-8-2/h49-56,59-60H,7-48,57-58H2,1-6H3. The van der Waals surface area contributed by atoms with E-state index in [4.69, 9.17) is 9.97 Å². The Kier molecular flexibility index (Phi) is 35.4. The van der Waals surface area contributed by atoms with E-state index >= 15 is 9.59 Å². The van der Waals surface area contributed by atoms with Crippen LogP contribution in [-0.4, -0.2) is 44.7 Å². The summed E-state index contributed by atoms with van der Waals surface area (Å²) in [5.74, 6) is 0.603. The number of hydrogen-bond acceptors (Lipinski definition) is 6. The van der Waals surface area contributed by atoms with E-state index in [-0.39, 0.29) is 11.8 Å². The van der Waals surface area contributed by atoms with Crippen LogP contribution < -0.4 is 0 Å². The summed E-state index contributed by atoms with van der Waals surface area (Å²) in [4.78, 5) is 49.2. The van der Waals surface area contributed by atoms with E-state index in [0.717, 1.165) is 82.2 Å². The van der Waals surface area contributed by atoms with Crippen molar-refractivity contribution in [2.24, 2.45) is 11.8 Å². The van der Waals surface area contributed by atoms with Crippen LogP contribution in [0, 0.1) is 11.8 Å². The molecule has 0 spiro atoms. The normalized spacial score (nSPS) is 14.3. The van der Waals surface area contributed by atoms with Crippen molar-refractivity contribution in [2.75, 3.05) is 13.1 Å². The lowest BCUT2D eigenvalue weighted by Gasteiger charge is -2.30. The predicted molar refractivity (Wildman–Crippen MR) is 381 cm³/mol. The minimum atomic E-state index is -0.0294. The molecule has 0 radical (unpaired) electrons. The summed E-state index contributed by atoms with van der Waals surface area (Å²) in [5.41, 5.74) is 8.93. The monoisotopic (exact) mass is 1340 g/mol. The minimum Gasteiger partial charge on any atom is -0.306 e. The zero-order chi connectivity index (χ0) is 61.1. The van der Waals surface area contributed by atoms with E-state index in [0.29, 0.717) is 36.1 Å². The molecular weight excluding hydrogens is 1220 g/mol. The van der Waals surface area contributed by atoms with Gasteiger partial charge in [-0.05, 0) is 143 Å². The Morgan fingerprint density at radius 1 is 0.384 bits per heavy atom. The highest BCUT2D eigenvalue weighted by atomic mass is 79.9. The first-order valence-electron chi connectivity index (χ1n) is 35.8. The van der Waals surface area contributed by atoms with Crippen molar-refractivity contribution in [3.8, 4) is 21.1 Å². The molecule has 4 aromatic heterocycles. The van der Waals surface area contributed by atoms with Gasteiger partial charge in [0.1, 0.15) is 0 Å². The third-order valence-corrected chi connectivity index (χ3v) is 22.6. The number of fused-ring (bicyclic) bond motifs is 1. The van der Waals surface area contributed by atoms with Gasteiger partial charge in [0.05, 0.1) is 51.3 Å². The van der Waals surface area contributed by atoms with Gasteiger partial charge in [-0.2, -0.15) is 0 Å². The molecule has 0 aromatic carbocycles. The molecule has 4 aromatic rings. The maximum atomic E-state index is 16.2. The summed E-state index contributed by atoms with van der Waals surface area (Å²) in [6.07, 6.45) is 55.9. The summed E-state index contributed by atoms with van der Waals surface area (Å²) in [6.45, 7) is 14.9. The first-order chi connectivity index (χ1) is 42.2. The maximum Gasteiger partial charge on any atom is 0.261 e. The van der Waals surface area contributed by atoms with Gasteiger partial charge in [0.15, 0.2) is 0 Å². The number of amides is 2. The van der Waals surface area contributed by atoms with Crippen molar-refractivity contribution in [3.63, 3.8) is 0 Å². The summed E-state index contributed by atoms with van der Waals surface area (Å²) in [5, 5.41) is 0. The molecule has 6 rings (SSSR count). The number of unbranched alkanes of at least 4 members (excludes halogenated alkanes) is 30. The van der Waals surface area contributed by atoms with Crippen molar-refractivity contribution < 1.29 is 9.59 Å². The van der Waals surface area contributed by atoms with Crippen LogP contribution in [-0.2, 0) is 22.4 Å². The van der Waals surface area contributed by atoms with Gasteiger partial charge in [-0.3, -0.25) is 19.6 Å². The fourth-order valence-electron chi connectivity index (χ4n) is 13.3. The molecule has 2 unspecified atom stereocenters. The molecule has 0 saturated carbocycles. The molecule has 0 fully saturated rings. The Hall–Kier alpha value is -2.92. The second-order valence-corrected chi connectivity index (χ2v) is 30.7. The zero-order valence-corrected chi connectivity index (χ0v) is 59.9. The first kappa shape index (κ1) is 72.1. The second-order valence-electron chi connectivity index (χ2n) is 26.0. The number of thiophene rings is 2. The van der Waals surface area contributed by atoms with Crippen molar-refractivity contribution in [1.82, 2.24) is 19.8 Å².